The second-order valence-electron chi connectivity index (χ2n) is 7.58. The minimum Gasteiger partial charge on any atom is -0.406 e. The molecular formula is C25H31F3N2O4. The molecule has 9 heteroatoms. The molecule has 1 amide bonds. The van der Waals surface area contributed by atoms with E-state index in [-0.39, 0.29) is 29.8 Å². The molecule has 34 heavy (non-hydrogen) atoms. The zero-order chi connectivity index (χ0) is 25.9. The van der Waals surface area contributed by atoms with Gasteiger partial charge in [-0.25, -0.2) is 0 Å². The number of aliphatic hydroxyl groups excluding tert-OH is 2. The predicted octanol–water partition coefficient (Wildman–Crippen LogP) is 4.79. The summed E-state index contributed by atoms with van der Waals surface area (Å²) in [5.41, 5.74) is 3.14. The summed E-state index contributed by atoms with van der Waals surface area (Å²) in [4.78, 5) is 11.3. The Morgan fingerprint density at radius 1 is 1.21 bits per heavy atom. The Bertz CT molecular complexity index is 931. The number of nitrogens with one attached hydrogen (secondary N) is 2. The largest absolute Gasteiger partial charge is 0.573 e. The number of aliphatic hydroxyl groups is 2. The number of aryl methyl sites for hydroxylation is 1. The van der Waals surface area contributed by atoms with Crippen LogP contribution in [-0.4, -0.2) is 41.3 Å². The minimum atomic E-state index is -4.60. The van der Waals surface area contributed by atoms with Crippen LogP contribution in [0.1, 0.15) is 54.5 Å². The number of ether oxygens (including phenoxy) is 1. The maximum atomic E-state index is 11.6. The van der Waals surface area contributed by atoms with E-state index in [1.165, 1.54) is 12.1 Å². The highest BCUT2D eigenvalue weighted by Gasteiger charge is 2.30. The maximum absolute atomic E-state index is 11.6. The first-order valence-electron chi connectivity index (χ1n) is 10.7. The van der Waals surface area contributed by atoms with Crippen LogP contribution in [0, 0.1) is 12.3 Å². The second kappa shape index (κ2) is 13.5. The molecule has 0 aromatic heterocycles. The fourth-order valence-electron chi connectivity index (χ4n) is 3.02. The lowest BCUT2D eigenvalue weighted by molar-refractivity contribution is -0.274. The molecule has 0 radical (unpaired) electrons. The van der Waals surface area contributed by atoms with E-state index in [0.717, 1.165) is 23.6 Å². The van der Waals surface area contributed by atoms with Gasteiger partial charge >= 0.3 is 6.36 Å². The van der Waals surface area contributed by atoms with Gasteiger partial charge in [0, 0.05) is 5.56 Å². The van der Waals surface area contributed by atoms with E-state index in [9.17, 15) is 28.2 Å². The lowest BCUT2D eigenvalue weighted by atomic mass is 9.86. The SMILES string of the molecule is C=CC(=O)NCC(=N)c1c(C(C)CC)cccc1C(O)CO.Cc1ccc(OC(F)(F)F)cc1. The van der Waals surface area contributed by atoms with Crippen LogP contribution in [0.4, 0.5) is 13.2 Å². The van der Waals surface area contributed by atoms with Gasteiger partial charge in [0.05, 0.1) is 18.9 Å². The molecule has 0 fully saturated rings. The van der Waals surface area contributed by atoms with E-state index < -0.39 is 19.1 Å². The van der Waals surface area contributed by atoms with Crippen molar-refractivity contribution in [3.05, 3.63) is 77.4 Å². The molecule has 2 unspecified atom stereocenters. The first-order chi connectivity index (χ1) is 15.9. The van der Waals surface area contributed by atoms with Gasteiger partial charge in [0.1, 0.15) is 11.9 Å². The number of alkyl halides is 3. The Hall–Kier alpha value is -3.17. The summed E-state index contributed by atoms with van der Waals surface area (Å²) in [6.45, 7) is 8.89. The predicted molar refractivity (Wildman–Crippen MR) is 125 cm³/mol. The van der Waals surface area contributed by atoms with Gasteiger partial charge in [-0.1, -0.05) is 56.3 Å². The molecule has 2 rings (SSSR count). The van der Waals surface area contributed by atoms with Crippen molar-refractivity contribution in [3.63, 3.8) is 0 Å². The quantitative estimate of drug-likeness (QED) is 0.306. The van der Waals surface area contributed by atoms with Gasteiger partial charge in [-0.05, 0) is 48.6 Å². The molecule has 0 heterocycles. The van der Waals surface area contributed by atoms with Crippen LogP contribution in [0.15, 0.2) is 55.1 Å². The van der Waals surface area contributed by atoms with Crippen molar-refractivity contribution in [1.29, 1.82) is 5.41 Å². The molecule has 2 aromatic rings. The van der Waals surface area contributed by atoms with Gasteiger partial charge in [0.2, 0.25) is 5.91 Å². The van der Waals surface area contributed by atoms with Gasteiger partial charge in [-0.3, -0.25) is 4.79 Å². The summed E-state index contributed by atoms with van der Waals surface area (Å²) in [6.07, 6.45) is -3.61. The Labute approximate surface area is 197 Å². The van der Waals surface area contributed by atoms with E-state index in [4.69, 9.17) is 5.41 Å². The van der Waals surface area contributed by atoms with Crippen molar-refractivity contribution in [3.8, 4) is 5.75 Å². The standard InChI is InChI=1S/C17H24N2O3.C8H7F3O/c1-4-11(3)12-7-6-8-13(15(21)10-20)17(12)14(18)9-19-16(22)5-2;1-6-2-4-7(5-3-6)12-8(9,10)11/h5-8,11,15,18,20-21H,2,4,9-10H2,1,3H3,(H,19,22);2-5H,1H3. The van der Waals surface area contributed by atoms with Crippen molar-refractivity contribution >= 4 is 11.6 Å². The highest BCUT2D eigenvalue weighted by Crippen LogP contribution is 2.29. The first-order valence-corrected chi connectivity index (χ1v) is 10.7. The highest BCUT2D eigenvalue weighted by atomic mass is 19.4. The number of hydrogen-bond donors (Lipinski definition) is 4. The zero-order valence-electron chi connectivity index (χ0n) is 19.4. The van der Waals surface area contributed by atoms with Crippen LogP contribution in [0.5, 0.6) is 5.75 Å². The van der Waals surface area contributed by atoms with Crippen LogP contribution in [-0.2, 0) is 4.79 Å². The third-order valence-electron chi connectivity index (χ3n) is 4.99. The molecule has 2 atom stereocenters. The number of rotatable bonds is 9. The molecule has 0 saturated heterocycles. The van der Waals surface area contributed by atoms with E-state index in [2.05, 4.69) is 16.6 Å². The van der Waals surface area contributed by atoms with E-state index in [0.29, 0.717) is 11.1 Å². The summed E-state index contributed by atoms with van der Waals surface area (Å²) in [5, 5.41) is 30.1. The van der Waals surface area contributed by atoms with Crippen molar-refractivity contribution < 1.29 is 32.9 Å². The number of carbonyl (C=O) groups is 1. The van der Waals surface area contributed by atoms with Crippen LogP contribution in [0.3, 0.4) is 0 Å². The monoisotopic (exact) mass is 480 g/mol. The number of halogens is 3. The lowest BCUT2D eigenvalue weighted by Crippen LogP contribution is -2.29. The first kappa shape index (κ1) is 28.9. The molecule has 0 bridgehead atoms. The van der Waals surface area contributed by atoms with Gasteiger partial charge < -0.3 is 25.7 Å². The Balaban J connectivity index is 0.000000404. The number of carbonyl (C=O) groups excluding carboxylic acids is 1. The van der Waals surface area contributed by atoms with Crippen molar-refractivity contribution in [2.45, 2.75) is 45.6 Å². The third-order valence-corrected chi connectivity index (χ3v) is 4.99. The fraction of sp³-hybridized carbons (Fsp3) is 0.360. The molecule has 2 aromatic carbocycles. The molecule has 0 spiro atoms. The normalized spacial score (nSPS) is 12.6. The summed E-state index contributed by atoms with van der Waals surface area (Å²) in [6, 6.07) is 11.1. The van der Waals surface area contributed by atoms with Crippen molar-refractivity contribution in [1.82, 2.24) is 5.32 Å². The van der Waals surface area contributed by atoms with Crippen molar-refractivity contribution in [2.75, 3.05) is 13.2 Å². The van der Waals surface area contributed by atoms with Gasteiger partial charge in [-0.2, -0.15) is 0 Å². The second-order valence-corrected chi connectivity index (χ2v) is 7.58. The molecule has 0 aliphatic heterocycles. The molecule has 186 valence electrons. The Morgan fingerprint density at radius 3 is 2.29 bits per heavy atom. The number of hydrogen-bond acceptors (Lipinski definition) is 5. The summed E-state index contributed by atoms with van der Waals surface area (Å²) >= 11 is 0. The average molecular weight is 481 g/mol. The smallest absolute Gasteiger partial charge is 0.406 e. The van der Waals surface area contributed by atoms with Crippen molar-refractivity contribution in [2.24, 2.45) is 0 Å². The molecule has 4 N–H and O–H groups in total. The maximum Gasteiger partial charge on any atom is 0.573 e. The fourth-order valence-corrected chi connectivity index (χ4v) is 3.02. The summed E-state index contributed by atoms with van der Waals surface area (Å²) in [7, 11) is 0. The van der Waals surface area contributed by atoms with E-state index in [1.54, 1.807) is 25.1 Å². The van der Waals surface area contributed by atoms with Crippen LogP contribution in [0.2, 0.25) is 0 Å². The minimum absolute atomic E-state index is 0.0451. The molecule has 0 saturated carbocycles. The molecule has 0 aliphatic rings. The van der Waals surface area contributed by atoms with E-state index >= 15 is 0 Å². The van der Waals surface area contributed by atoms with Gasteiger partial charge in [0.25, 0.3) is 0 Å². The van der Waals surface area contributed by atoms with Gasteiger partial charge in [0.15, 0.2) is 0 Å². The Kier molecular flexibility index (Phi) is 11.5. The summed E-state index contributed by atoms with van der Waals surface area (Å²) < 4.78 is 38.5. The third kappa shape index (κ3) is 9.36. The van der Waals surface area contributed by atoms with Crippen LogP contribution in [0.25, 0.3) is 0 Å². The lowest BCUT2D eigenvalue weighted by Gasteiger charge is -2.21. The Morgan fingerprint density at radius 2 is 1.79 bits per heavy atom. The van der Waals surface area contributed by atoms with Gasteiger partial charge in [-0.15, -0.1) is 13.2 Å². The topological polar surface area (TPSA) is 103 Å². The summed E-state index contributed by atoms with van der Waals surface area (Å²) in [5.74, 6) is -0.334. The van der Waals surface area contributed by atoms with Crippen LogP contribution < -0.4 is 10.1 Å². The molecular weight excluding hydrogens is 449 g/mol. The highest BCUT2D eigenvalue weighted by molar-refractivity contribution is 6.04. The number of benzene rings is 2. The molecule has 0 aliphatic carbocycles. The zero-order valence-corrected chi connectivity index (χ0v) is 19.4. The molecule has 6 nitrogen and oxygen atoms in total. The average Bonchev–Trinajstić information content (AvgIpc) is 2.81. The van der Waals surface area contributed by atoms with E-state index in [1.807, 2.05) is 26.0 Å². The number of amides is 1. The van der Waals surface area contributed by atoms with Crippen LogP contribution >= 0.6 is 0 Å².